The Balaban J connectivity index is 0.000000810. The molecule has 0 aliphatic heterocycles. The van der Waals surface area contributed by atoms with Crippen LogP contribution in [0.15, 0.2) is 36.0 Å². The molecule has 0 bridgehead atoms. The standard InChI is InChI=1S/C9H12.CH4/c1-2-9-7-5-3-4-6-8-9;/h3-7H,2,8H2,1H3;1H4. The lowest BCUT2D eigenvalue weighted by molar-refractivity contribution is 1.03. The van der Waals surface area contributed by atoms with E-state index in [0.29, 0.717) is 0 Å². The fraction of sp³-hybridized carbons (Fsp3) is 0.400. The molecule has 0 atom stereocenters. The van der Waals surface area contributed by atoms with Gasteiger partial charge >= 0.3 is 0 Å². The highest BCUT2D eigenvalue weighted by molar-refractivity contribution is 5.22. The first-order valence-corrected chi connectivity index (χ1v) is 3.44. The summed E-state index contributed by atoms with van der Waals surface area (Å²) in [7, 11) is 0. The molecule has 0 amide bonds. The first-order valence-electron chi connectivity index (χ1n) is 3.44. The molecular formula is C10H16. The summed E-state index contributed by atoms with van der Waals surface area (Å²) < 4.78 is 0. The molecule has 56 valence electrons. The average molecular weight is 136 g/mol. The van der Waals surface area contributed by atoms with Gasteiger partial charge in [0, 0.05) is 0 Å². The van der Waals surface area contributed by atoms with E-state index in [4.69, 9.17) is 0 Å². The maximum Gasteiger partial charge on any atom is -0.0133 e. The minimum atomic E-state index is 0. The van der Waals surface area contributed by atoms with Gasteiger partial charge in [0.15, 0.2) is 0 Å². The second-order valence-corrected chi connectivity index (χ2v) is 2.20. The predicted molar refractivity (Wildman–Crippen MR) is 48.0 cm³/mol. The Bertz CT molecular complexity index is 159. The molecule has 0 saturated heterocycles. The SMILES string of the molecule is C.CCC1=CC=CC=CC1. The molecule has 1 aliphatic rings. The molecule has 0 fully saturated rings. The fourth-order valence-electron chi connectivity index (χ4n) is 0.884. The highest BCUT2D eigenvalue weighted by atomic mass is 13.9. The van der Waals surface area contributed by atoms with Crippen LogP contribution in [0.3, 0.4) is 0 Å². The van der Waals surface area contributed by atoms with Crippen LogP contribution in [0.25, 0.3) is 0 Å². The van der Waals surface area contributed by atoms with Crippen LogP contribution < -0.4 is 0 Å². The van der Waals surface area contributed by atoms with Gasteiger partial charge in [-0.1, -0.05) is 50.3 Å². The van der Waals surface area contributed by atoms with Gasteiger partial charge < -0.3 is 0 Å². The van der Waals surface area contributed by atoms with E-state index in [1.807, 2.05) is 0 Å². The Morgan fingerprint density at radius 2 is 2.10 bits per heavy atom. The zero-order valence-corrected chi connectivity index (χ0v) is 5.80. The predicted octanol–water partition coefficient (Wildman–Crippen LogP) is 3.48. The third-order valence-corrected chi connectivity index (χ3v) is 1.52. The van der Waals surface area contributed by atoms with Crippen molar-refractivity contribution in [3.63, 3.8) is 0 Å². The summed E-state index contributed by atoms with van der Waals surface area (Å²) in [6.45, 7) is 2.19. The van der Waals surface area contributed by atoms with Crippen molar-refractivity contribution >= 4 is 0 Å². The van der Waals surface area contributed by atoms with Gasteiger partial charge in [-0.3, -0.25) is 0 Å². The molecule has 1 aliphatic carbocycles. The molecule has 0 N–H and O–H groups in total. The van der Waals surface area contributed by atoms with Crippen molar-refractivity contribution < 1.29 is 0 Å². The molecule has 0 nitrogen and oxygen atoms in total. The minimum Gasteiger partial charge on any atom is -0.0805 e. The summed E-state index contributed by atoms with van der Waals surface area (Å²) in [6, 6.07) is 0. The van der Waals surface area contributed by atoms with Crippen molar-refractivity contribution in [2.24, 2.45) is 0 Å². The van der Waals surface area contributed by atoms with Gasteiger partial charge in [0.05, 0.1) is 0 Å². The summed E-state index contributed by atoms with van der Waals surface area (Å²) in [6.07, 6.45) is 13.0. The molecule has 0 aromatic heterocycles. The molecule has 1 rings (SSSR count). The summed E-state index contributed by atoms with van der Waals surface area (Å²) in [5.74, 6) is 0. The zero-order chi connectivity index (χ0) is 6.53. The molecule has 0 heteroatoms. The highest BCUT2D eigenvalue weighted by Gasteiger charge is 1.89. The molecule has 0 aromatic rings. The second kappa shape index (κ2) is 5.04. The van der Waals surface area contributed by atoms with Crippen LogP contribution >= 0.6 is 0 Å². The molecule has 0 heterocycles. The monoisotopic (exact) mass is 136 g/mol. The van der Waals surface area contributed by atoms with Crippen LogP contribution in [0, 0.1) is 0 Å². The van der Waals surface area contributed by atoms with Crippen LogP contribution in [-0.4, -0.2) is 0 Å². The van der Waals surface area contributed by atoms with Crippen LogP contribution in [-0.2, 0) is 0 Å². The van der Waals surface area contributed by atoms with E-state index in [1.54, 1.807) is 0 Å². The van der Waals surface area contributed by atoms with Crippen LogP contribution in [0.5, 0.6) is 0 Å². The average Bonchev–Trinajstić information content (AvgIpc) is 2.13. The third-order valence-electron chi connectivity index (χ3n) is 1.52. The number of allylic oxidation sites excluding steroid dienone is 6. The number of hydrogen-bond acceptors (Lipinski definition) is 0. The van der Waals surface area contributed by atoms with E-state index in [0.717, 1.165) is 6.42 Å². The normalized spacial score (nSPS) is 15.5. The lowest BCUT2D eigenvalue weighted by atomic mass is 10.1. The summed E-state index contributed by atoms with van der Waals surface area (Å²) in [4.78, 5) is 0. The quantitative estimate of drug-likeness (QED) is 0.517. The lowest BCUT2D eigenvalue weighted by Crippen LogP contribution is -1.74. The molecule has 10 heavy (non-hydrogen) atoms. The van der Waals surface area contributed by atoms with Gasteiger partial charge in [0.1, 0.15) is 0 Å². The van der Waals surface area contributed by atoms with Crippen molar-refractivity contribution in [1.29, 1.82) is 0 Å². The van der Waals surface area contributed by atoms with E-state index in [-0.39, 0.29) is 7.43 Å². The largest absolute Gasteiger partial charge is 0.0805 e. The summed E-state index contributed by atoms with van der Waals surface area (Å²) >= 11 is 0. The van der Waals surface area contributed by atoms with E-state index >= 15 is 0 Å². The first kappa shape index (κ1) is 9.22. The second-order valence-electron chi connectivity index (χ2n) is 2.20. The van der Waals surface area contributed by atoms with Gasteiger partial charge in [-0.2, -0.15) is 0 Å². The zero-order valence-electron chi connectivity index (χ0n) is 5.80. The Labute approximate surface area is 64.0 Å². The molecule has 0 spiro atoms. The van der Waals surface area contributed by atoms with E-state index < -0.39 is 0 Å². The van der Waals surface area contributed by atoms with Gasteiger partial charge in [-0.05, 0) is 12.8 Å². The van der Waals surface area contributed by atoms with Gasteiger partial charge in [0.25, 0.3) is 0 Å². The maximum absolute atomic E-state index is 2.19. The fourth-order valence-corrected chi connectivity index (χ4v) is 0.884. The Morgan fingerprint density at radius 1 is 1.30 bits per heavy atom. The van der Waals surface area contributed by atoms with Gasteiger partial charge in [-0.15, -0.1) is 0 Å². The first-order chi connectivity index (χ1) is 4.43. The molecule has 0 aromatic carbocycles. The van der Waals surface area contributed by atoms with E-state index in [1.165, 1.54) is 12.0 Å². The molecular weight excluding hydrogens is 120 g/mol. The van der Waals surface area contributed by atoms with Crippen LogP contribution in [0.1, 0.15) is 27.2 Å². The van der Waals surface area contributed by atoms with E-state index in [2.05, 4.69) is 37.3 Å². The smallest absolute Gasteiger partial charge is 0.0133 e. The minimum absolute atomic E-state index is 0. The van der Waals surface area contributed by atoms with Crippen molar-refractivity contribution in [2.75, 3.05) is 0 Å². The van der Waals surface area contributed by atoms with E-state index in [9.17, 15) is 0 Å². The highest BCUT2D eigenvalue weighted by Crippen LogP contribution is 2.09. The lowest BCUT2D eigenvalue weighted by Gasteiger charge is -1.94. The van der Waals surface area contributed by atoms with Gasteiger partial charge in [-0.25, -0.2) is 0 Å². The molecule has 0 unspecified atom stereocenters. The van der Waals surface area contributed by atoms with Crippen LogP contribution in [0.4, 0.5) is 0 Å². The Morgan fingerprint density at radius 3 is 2.80 bits per heavy atom. The third kappa shape index (κ3) is 2.67. The molecule has 0 saturated carbocycles. The number of hydrogen-bond donors (Lipinski definition) is 0. The Hall–Kier alpha value is -0.780. The van der Waals surface area contributed by atoms with Crippen LogP contribution in [0.2, 0.25) is 0 Å². The van der Waals surface area contributed by atoms with Crippen molar-refractivity contribution in [2.45, 2.75) is 27.2 Å². The summed E-state index contributed by atoms with van der Waals surface area (Å²) in [5.41, 5.74) is 1.51. The van der Waals surface area contributed by atoms with Crippen molar-refractivity contribution in [3.05, 3.63) is 36.0 Å². The maximum atomic E-state index is 2.19. The van der Waals surface area contributed by atoms with Crippen molar-refractivity contribution in [3.8, 4) is 0 Å². The molecule has 0 radical (unpaired) electrons. The summed E-state index contributed by atoms with van der Waals surface area (Å²) in [5, 5.41) is 0. The Kier molecular flexibility index (Phi) is 4.65. The topological polar surface area (TPSA) is 0 Å². The number of rotatable bonds is 1. The van der Waals surface area contributed by atoms with Gasteiger partial charge in [0.2, 0.25) is 0 Å². The van der Waals surface area contributed by atoms with Crippen molar-refractivity contribution in [1.82, 2.24) is 0 Å².